The maximum Gasteiger partial charge on any atom is 0.419 e. The Labute approximate surface area is 119 Å². The second-order valence-electron chi connectivity index (χ2n) is 3.61. The molecular formula is C10H4Cl2F3N3O2. The molecule has 0 fully saturated rings. The summed E-state index contributed by atoms with van der Waals surface area (Å²) in [6.45, 7) is 0. The van der Waals surface area contributed by atoms with Crippen LogP contribution in [0.2, 0.25) is 10.0 Å². The first kappa shape index (κ1) is 14.6. The molecule has 0 unspecified atom stereocenters. The third kappa shape index (κ3) is 2.56. The van der Waals surface area contributed by atoms with E-state index in [0.717, 1.165) is 16.9 Å². The number of hydrogen-bond acceptors (Lipinski definition) is 3. The summed E-state index contributed by atoms with van der Waals surface area (Å²) >= 11 is 11.2. The van der Waals surface area contributed by atoms with Gasteiger partial charge in [0.05, 0.1) is 27.5 Å². The fourth-order valence-corrected chi connectivity index (χ4v) is 2.13. The predicted octanol–water partition coefficient (Wildman–Crippen LogP) is 3.29. The first-order valence-electron chi connectivity index (χ1n) is 4.93. The van der Waals surface area contributed by atoms with E-state index in [1.54, 1.807) is 0 Å². The van der Waals surface area contributed by atoms with Crippen LogP contribution in [0.3, 0.4) is 0 Å². The lowest BCUT2D eigenvalue weighted by molar-refractivity contribution is -0.137. The number of hydrogen-bond donors (Lipinski definition) is 1. The third-order valence-corrected chi connectivity index (χ3v) is 3.01. The Bertz CT molecular complexity index is 685. The molecule has 2 rings (SSSR count). The van der Waals surface area contributed by atoms with Crippen LogP contribution < -0.4 is 0 Å². The molecule has 5 nitrogen and oxygen atoms in total. The van der Waals surface area contributed by atoms with Gasteiger partial charge in [-0.1, -0.05) is 28.4 Å². The van der Waals surface area contributed by atoms with Crippen LogP contribution >= 0.6 is 23.2 Å². The van der Waals surface area contributed by atoms with Gasteiger partial charge in [0.2, 0.25) is 0 Å². The van der Waals surface area contributed by atoms with E-state index in [9.17, 15) is 18.0 Å². The molecule has 2 aromatic rings. The number of aromatic carboxylic acids is 1. The number of halogens is 5. The van der Waals surface area contributed by atoms with E-state index in [2.05, 4.69) is 10.3 Å². The molecular weight excluding hydrogens is 322 g/mol. The van der Waals surface area contributed by atoms with Crippen molar-refractivity contribution in [3.05, 3.63) is 39.6 Å². The minimum Gasteiger partial charge on any atom is -0.476 e. The normalized spacial score (nSPS) is 11.7. The van der Waals surface area contributed by atoms with Gasteiger partial charge < -0.3 is 5.11 Å². The van der Waals surface area contributed by atoms with E-state index in [1.807, 2.05) is 0 Å². The lowest BCUT2D eigenvalue weighted by Gasteiger charge is -2.13. The number of benzene rings is 1. The molecule has 1 N–H and O–H groups in total. The van der Waals surface area contributed by atoms with Crippen LogP contribution in [0.4, 0.5) is 13.2 Å². The summed E-state index contributed by atoms with van der Waals surface area (Å²) in [5.41, 5.74) is -1.82. The van der Waals surface area contributed by atoms with E-state index in [4.69, 9.17) is 28.3 Å². The highest BCUT2D eigenvalue weighted by Crippen LogP contribution is 2.41. The summed E-state index contributed by atoms with van der Waals surface area (Å²) in [5, 5.41) is 14.1. The highest BCUT2D eigenvalue weighted by atomic mass is 35.5. The number of rotatable bonds is 2. The zero-order valence-electron chi connectivity index (χ0n) is 9.32. The van der Waals surface area contributed by atoms with E-state index < -0.39 is 33.4 Å². The second kappa shape index (κ2) is 4.95. The SMILES string of the molecule is O=C(O)c1cn(-c2ccc(Cl)c(C(F)(F)F)c2Cl)nn1. The highest BCUT2D eigenvalue weighted by Gasteiger charge is 2.37. The Morgan fingerprint density at radius 3 is 2.45 bits per heavy atom. The molecule has 10 heteroatoms. The Balaban J connectivity index is 2.61. The highest BCUT2D eigenvalue weighted by molar-refractivity contribution is 6.37. The summed E-state index contributed by atoms with van der Waals surface area (Å²) in [7, 11) is 0. The Hall–Kier alpha value is -1.80. The average molecular weight is 326 g/mol. The molecule has 0 aliphatic heterocycles. The monoisotopic (exact) mass is 325 g/mol. The fourth-order valence-electron chi connectivity index (χ4n) is 1.46. The quantitative estimate of drug-likeness (QED) is 0.919. The van der Waals surface area contributed by atoms with Gasteiger partial charge in [0.1, 0.15) is 0 Å². The number of carboxylic acid groups (broad SMARTS) is 1. The van der Waals surface area contributed by atoms with Gasteiger partial charge in [-0.3, -0.25) is 0 Å². The van der Waals surface area contributed by atoms with Gasteiger partial charge in [0.15, 0.2) is 5.69 Å². The maximum atomic E-state index is 12.8. The van der Waals surface area contributed by atoms with Gasteiger partial charge in [-0.25, -0.2) is 9.48 Å². The van der Waals surface area contributed by atoms with Gasteiger partial charge in [-0.2, -0.15) is 13.2 Å². The molecule has 0 saturated carbocycles. The van der Waals surface area contributed by atoms with Crippen LogP contribution in [0.25, 0.3) is 5.69 Å². The molecule has 1 aromatic carbocycles. The first-order valence-corrected chi connectivity index (χ1v) is 5.68. The minimum absolute atomic E-state index is 0.177. The number of carbonyl (C=O) groups is 1. The zero-order chi connectivity index (χ0) is 15.1. The average Bonchev–Trinajstić information content (AvgIpc) is 2.76. The molecule has 0 saturated heterocycles. The van der Waals surface area contributed by atoms with Crippen molar-refractivity contribution in [1.82, 2.24) is 15.0 Å². The van der Waals surface area contributed by atoms with Crippen molar-refractivity contribution in [3.8, 4) is 5.69 Å². The first-order chi connectivity index (χ1) is 9.21. The van der Waals surface area contributed by atoms with E-state index in [0.29, 0.717) is 0 Å². The van der Waals surface area contributed by atoms with Crippen molar-refractivity contribution >= 4 is 29.2 Å². The molecule has 0 aliphatic rings. The maximum absolute atomic E-state index is 12.8. The van der Waals surface area contributed by atoms with Crippen molar-refractivity contribution in [2.45, 2.75) is 6.18 Å². The molecule has 0 aliphatic carbocycles. The molecule has 106 valence electrons. The smallest absolute Gasteiger partial charge is 0.419 e. The molecule has 0 atom stereocenters. The lowest BCUT2D eigenvalue weighted by atomic mass is 10.2. The molecule has 0 radical (unpaired) electrons. The van der Waals surface area contributed by atoms with E-state index in [1.165, 1.54) is 6.07 Å². The Morgan fingerprint density at radius 2 is 1.95 bits per heavy atom. The molecule has 0 bridgehead atoms. The summed E-state index contributed by atoms with van der Waals surface area (Å²) < 4.78 is 39.3. The molecule has 20 heavy (non-hydrogen) atoms. The van der Waals surface area contributed by atoms with Gasteiger partial charge in [-0.15, -0.1) is 5.10 Å². The van der Waals surface area contributed by atoms with Crippen molar-refractivity contribution in [2.24, 2.45) is 0 Å². The van der Waals surface area contributed by atoms with Crippen LogP contribution in [0, 0.1) is 0 Å². The fraction of sp³-hybridized carbons (Fsp3) is 0.100. The standard InChI is InChI=1S/C10H4Cl2F3N3O2/c11-4-1-2-6(8(12)7(4)10(13,14)15)18-3-5(9(19)20)16-17-18/h1-3H,(H,19,20). The van der Waals surface area contributed by atoms with E-state index >= 15 is 0 Å². The molecule has 1 aromatic heterocycles. The number of alkyl halides is 3. The van der Waals surface area contributed by atoms with Gasteiger partial charge >= 0.3 is 12.1 Å². The van der Waals surface area contributed by atoms with Gasteiger partial charge in [-0.05, 0) is 12.1 Å². The summed E-state index contributed by atoms with van der Waals surface area (Å²) in [6, 6.07) is 2.17. The van der Waals surface area contributed by atoms with Crippen LogP contribution in [0.5, 0.6) is 0 Å². The molecule has 0 spiro atoms. The van der Waals surface area contributed by atoms with Crippen LogP contribution in [0.1, 0.15) is 16.1 Å². The molecule has 1 heterocycles. The summed E-state index contributed by atoms with van der Waals surface area (Å²) in [5.74, 6) is -1.36. The summed E-state index contributed by atoms with van der Waals surface area (Å²) in [6.07, 6.45) is -3.81. The predicted molar refractivity (Wildman–Crippen MR) is 63.3 cm³/mol. The second-order valence-corrected chi connectivity index (χ2v) is 4.39. The van der Waals surface area contributed by atoms with Crippen molar-refractivity contribution in [3.63, 3.8) is 0 Å². The number of aromatic nitrogens is 3. The van der Waals surface area contributed by atoms with Crippen molar-refractivity contribution in [1.29, 1.82) is 0 Å². The Morgan fingerprint density at radius 1 is 1.30 bits per heavy atom. The minimum atomic E-state index is -4.75. The Kier molecular flexibility index (Phi) is 3.61. The lowest BCUT2D eigenvalue weighted by Crippen LogP contribution is -2.09. The van der Waals surface area contributed by atoms with E-state index in [-0.39, 0.29) is 5.69 Å². The number of carboxylic acids is 1. The topological polar surface area (TPSA) is 68.0 Å². The van der Waals surface area contributed by atoms with Gasteiger partial charge in [0.25, 0.3) is 0 Å². The zero-order valence-corrected chi connectivity index (χ0v) is 10.8. The van der Waals surface area contributed by atoms with Crippen LogP contribution in [-0.2, 0) is 6.18 Å². The third-order valence-electron chi connectivity index (χ3n) is 2.31. The van der Waals surface area contributed by atoms with Crippen LogP contribution in [-0.4, -0.2) is 26.1 Å². The largest absolute Gasteiger partial charge is 0.476 e. The molecule has 0 amide bonds. The van der Waals surface area contributed by atoms with Crippen molar-refractivity contribution in [2.75, 3.05) is 0 Å². The van der Waals surface area contributed by atoms with Gasteiger partial charge in [0, 0.05) is 0 Å². The van der Waals surface area contributed by atoms with Crippen molar-refractivity contribution < 1.29 is 23.1 Å². The van der Waals surface area contributed by atoms with Crippen LogP contribution in [0.15, 0.2) is 18.3 Å². The number of nitrogens with zero attached hydrogens (tertiary/aromatic N) is 3. The summed E-state index contributed by atoms with van der Waals surface area (Å²) in [4.78, 5) is 10.7.